The van der Waals surface area contributed by atoms with Crippen LogP contribution in [0.2, 0.25) is 0 Å². The largest absolute Gasteiger partial charge is 0.503 e. The minimum atomic E-state index is -0.803. The summed E-state index contributed by atoms with van der Waals surface area (Å²) < 4.78 is 0.931. The number of thiazole rings is 1. The molecule has 6 nitrogen and oxygen atoms in total. The van der Waals surface area contributed by atoms with Gasteiger partial charge < -0.3 is 5.11 Å². The molecule has 0 fully saturated rings. The van der Waals surface area contributed by atoms with Crippen molar-refractivity contribution in [3.8, 4) is 0 Å². The Morgan fingerprint density at radius 1 is 1.20 bits per heavy atom. The molecule has 3 aromatic heterocycles. The lowest BCUT2D eigenvalue weighted by Crippen LogP contribution is -2.31. The van der Waals surface area contributed by atoms with Gasteiger partial charge in [-0.15, -0.1) is 11.3 Å². The predicted molar refractivity (Wildman–Crippen MR) is 117 cm³/mol. The van der Waals surface area contributed by atoms with Crippen LogP contribution in [0.5, 0.6) is 0 Å². The predicted octanol–water partition coefficient (Wildman–Crippen LogP) is 4.84. The molecule has 4 heterocycles. The number of rotatable bonds is 4. The Labute approximate surface area is 179 Å². The molecular formula is C22H15N3O3S2. The number of thiophene rings is 1. The molecule has 5 rings (SSSR count). The smallest absolute Gasteiger partial charge is 0.296 e. The summed E-state index contributed by atoms with van der Waals surface area (Å²) >= 11 is 2.62. The Bertz CT molecular complexity index is 1310. The van der Waals surface area contributed by atoms with Crippen LogP contribution < -0.4 is 4.90 Å². The lowest BCUT2D eigenvalue weighted by molar-refractivity contribution is -0.117. The number of anilines is 1. The summed E-state index contributed by atoms with van der Waals surface area (Å²) in [4.78, 5) is 37.0. The van der Waals surface area contributed by atoms with Gasteiger partial charge in [-0.2, -0.15) is 0 Å². The fourth-order valence-electron chi connectivity index (χ4n) is 3.55. The Hall–Kier alpha value is -3.36. The van der Waals surface area contributed by atoms with Crippen molar-refractivity contribution >= 4 is 49.7 Å². The number of hydrogen-bond donors (Lipinski definition) is 1. The van der Waals surface area contributed by atoms with E-state index in [4.69, 9.17) is 0 Å². The molecular weight excluding hydrogens is 418 g/mol. The van der Waals surface area contributed by atoms with Gasteiger partial charge in [-0.25, -0.2) is 4.98 Å². The van der Waals surface area contributed by atoms with E-state index in [1.807, 2.05) is 25.1 Å². The quantitative estimate of drug-likeness (QED) is 0.466. The van der Waals surface area contributed by atoms with Gasteiger partial charge in [-0.05, 0) is 47.7 Å². The Balaban J connectivity index is 1.68. The number of aliphatic hydroxyl groups excluding tert-OH is 1. The highest BCUT2D eigenvalue weighted by Crippen LogP contribution is 2.44. The van der Waals surface area contributed by atoms with Gasteiger partial charge in [0.25, 0.3) is 5.91 Å². The lowest BCUT2D eigenvalue weighted by Gasteiger charge is -2.23. The molecule has 30 heavy (non-hydrogen) atoms. The topological polar surface area (TPSA) is 83.4 Å². The molecule has 1 aromatic carbocycles. The monoisotopic (exact) mass is 433 g/mol. The second kappa shape index (κ2) is 7.16. The third kappa shape index (κ3) is 2.92. The molecule has 0 saturated carbocycles. The lowest BCUT2D eigenvalue weighted by atomic mass is 9.97. The summed E-state index contributed by atoms with van der Waals surface area (Å²) in [5, 5.41) is 12.9. The fraction of sp³-hybridized carbons (Fsp3) is 0.0909. The first kappa shape index (κ1) is 18.7. The van der Waals surface area contributed by atoms with Gasteiger partial charge in [0.05, 0.1) is 26.7 Å². The first-order valence-electron chi connectivity index (χ1n) is 9.16. The van der Waals surface area contributed by atoms with Crippen molar-refractivity contribution in [1.82, 2.24) is 9.97 Å². The molecule has 0 spiro atoms. The number of aliphatic hydroxyl groups is 1. The molecule has 0 radical (unpaired) electrons. The van der Waals surface area contributed by atoms with Crippen molar-refractivity contribution < 1.29 is 14.7 Å². The number of Topliss-reactive ketones (excluding diaryl/α,β-unsaturated/α-hetero) is 1. The van der Waals surface area contributed by atoms with E-state index in [1.165, 1.54) is 27.6 Å². The number of hydrogen-bond acceptors (Lipinski definition) is 7. The van der Waals surface area contributed by atoms with Crippen molar-refractivity contribution in [3.63, 3.8) is 0 Å². The van der Waals surface area contributed by atoms with Crippen LogP contribution in [-0.2, 0) is 4.79 Å². The van der Waals surface area contributed by atoms with Crippen LogP contribution in [0.1, 0.15) is 26.8 Å². The van der Waals surface area contributed by atoms with E-state index in [0.717, 1.165) is 15.8 Å². The average molecular weight is 434 g/mol. The van der Waals surface area contributed by atoms with Crippen LogP contribution in [0.25, 0.3) is 10.2 Å². The number of aromatic nitrogens is 2. The maximum absolute atomic E-state index is 13.2. The molecule has 1 aliphatic rings. The third-order valence-corrected chi connectivity index (χ3v) is 6.82. The molecule has 1 aliphatic heterocycles. The van der Waals surface area contributed by atoms with Gasteiger partial charge in [0.1, 0.15) is 0 Å². The summed E-state index contributed by atoms with van der Waals surface area (Å²) in [5.74, 6) is -1.55. The summed E-state index contributed by atoms with van der Waals surface area (Å²) in [7, 11) is 0. The highest BCUT2D eigenvalue weighted by atomic mass is 32.1. The molecule has 4 aromatic rings. The molecule has 0 aliphatic carbocycles. The molecule has 148 valence electrons. The molecule has 0 bridgehead atoms. The number of aryl methyl sites for hydroxylation is 1. The maximum Gasteiger partial charge on any atom is 0.296 e. The SMILES string of the molecule is Cc1ccc2nc(N3C(=O)C(O)=C(C(=O)c4cccs4)C3c3cccnc3)sc2c1. The van der Waals surface area contributed by atoms with E-state index in [2.05, 4.69) is 9.97 Å². The summed E-state index contributed by atoms with van der Waals surface area (Å²) in [6, 6.07) is 12.0. The van der Waals surface area contributed by atoms with Gasteiger partial charge in [0.15, 0.2) is 10.9 Å². The van der Waals surface area contributed by atoms with Gasteiger partial charge in [-0.1, -0.05) is 29.5 Å². The zero-order chi connectivity index (χ0) is 20.8. The zero-order valence-corrected chi connectivity index (χ0v) is 17.4. The number of amides is 1. The fourth-order valence-corrected chi connectivity index (χ4v) is 5.32. The highest BCUT2D eigenvalue weighted by Gasteiger charge is 2.46. The van der Waals surface area contributed by atoms with E-state index in [9.17, 15) is 14.7 Å². The summed E-state index contributed by atoms with van der Waals surface area (Å²) in [6.45, 7) is 1.99. The van der Waals surface area contributed by atoms with Crippen molar-refractivity contribution in [1.29, 1.82) is 0 Å². The third-order valence-electron chi connectivity index (χ3n) is 4.94. The highest BCUT2D eigenvalue weighted by molar-refractivity contribution is 7.22. The molecule has 1 N–H and O–H groups in total. The van der Waals surface area contributed by atoms with E-state index in [1.54, 1.807) is 42.0 Å². The minimum Gasteiger partial charge on any atom is -0.503 e. The Morgan fingerprint density at radius 2 is 2.07 bits per heavy atom. The van der Waals surface area contributed by atoms with E-state index in [0.29, 0.717) is 15.6 Å². The van der Waals surface area contributed by atoms with E-state index in [-0.39, 0.29) is 11.4 Å². The van der Waals surface area contributed by atoms with Gasteiger partial charge in [-0.3, -0.25) is 19.5 Å². The summed E-state index contributed by atoms with van der Waals surface area (Å²) in [6.07, 6.45) is 3.22. The second-order valence-corrected chi connectivity index (χ2v) is 8.86. The standard InChI is InChI=1S/C22H15N3O3S2/c1-12-6-7-14-16(10-12)30-22(24-14)25-18(13-4-2-8-23-11-13)17(20(27)21(25)28)19(26)15-5-3-9-29-15/h2-11,18,27H,1H3. The number of carbonyl (C=O) groups excluding carboxylic acids is 2. The van der Waals surface area contributed by atoms with Crippen LogP contribution in [0.3, 0.4) is 0 Å². The van der Waals surface area contributed by atoms with Crippen molar-refractivity contribution in [2.75, 3.05) is 4.90 Å². The number of ketones is 1. The molecule has 1 atom stereocenters. The van der Waals surface area contributed by atoms with Crippen LogP contribution >= 0.6 is 22.7 Å². The number of pyridine rings is 1. The van der Waals surface area contributed by atoms with Crippen LogP contribution in [0.15, 0.2) is 71.6 Å². The van der Waals surface area contributed by atoms with Gasteiger partial charge in [0, 0.05) is 12.4 Å². The van der Waals surface area contributed by atoms with Crippen LogP contribution in [0, 0.1) is 6.92 Å². The van der Waals surface area contributed by atoms with E-state index >= 15 is 0 Å². The van der Waals surface area contributed by atoms with Gasteiger partial charge in [0.2, 0.25) is 5.78 Å². The zero-order valence-electron chi connectivity index (χ0n) is 15.8. The average Bonchev–Trinajstić information content (AvgIpc) is 3.47. The molecule has 1 unspecified atom stereocenters. The molecule has 8 heteroatoms. The van der Waals surface area contributed by atoms with Crippen molar-refractivity contribution in [2.24, 2.45) is 0 Å². The van der Waals surface area contributed by atoms with Crippen molar-refractivity contribution in [2.45, 2.75) is 13.0 Å². The molecule has 0 saturated heterocycles. The van der Waals surface area contributed by atoms with E-state index < -0.39 is 17.7 Å². The van der Waals surface area contributed by atoms with Gasteiger partial charge >= 0.3 is 0 Å². The number of nitrogens with zero attached hydrogens (tertiary/aromatic N) is 3. The van der Waals surface area contributed by atoms with Crippen LogP contribution in [0.4, 0.5) is 5.13 Å². The first-order valence-corrected chi connectivity index (χ1v) is 10.9. The summed E-state index contributed by atoms with van der Waals surface area (Å²) in [5.41, 5.74) is 2.52. The number of fused-ring (bicyclic) bond motifs is 1. The molecule has 1 amide bonds. The Morgan fingerprint density at radius 3 is 2.80 bits per heavy atom. The minimum absolute atomic E-state index is 0.0471. The Kier molecular flexibility index (Phi) is 4.45. The number of benzene rings is 1. The normalized spacial score (nSPS) is 16.6. The maximum atomic E-state index is 13.2. The first-order chi connectivity index (χ1) is 14.5. The van der Waals surface area contributed by atoms with Crippen molar-refractivity contribution in [3.05, 3.63) is 87.6 Å². The number of carbonyl (C=O) groups is 2. The van der Waals surface area contributed by atoms with Crippen LogP contribution in [-0.4, -0.2) is 26.8 Å². The second-order valence-electron chi connectivity index (χ2n) is 6.90.